The number of hydrogen-bond acceptors (Lipinski definition) is 9. The van der Waals surface area contributed by atoms with E-state index in [4.69, 9.17) is 25.1 Å². The third-order valence-corrected chi connectivity index (χ3v) is 7.52. The normalized spacial score (nSPS) is 31.8. The standard InChI is InChI=1S/C24H36N6O5/c1-13(2)29(15-8-14(9-15)6-5-7-17(31)32)10-16-19-20(35-24(3,4)34-19)23(33-16)30-12-28-18-21(25)26-11-27-22(18)30/h11-16,19-20,23H,5-10H2,1-4H3,(H,31,32)(H2,25,26,27)/t14-,15+,16-,19-,20-,23-/m1/s1. The minimum atomic E-state index is -0.714. The third-order valence-electron chi connectivity index (χ3n) is 7.52. The topological polar surface area (TPSA) is 138 Å². The molecule has 2 aromatic heterocycles. The summed E-state index contributed by atoms with van der Waals surface area (Å²) in [4.78, 5) is 26.2. The summed E-state index contributed by atoms with van der Waals surface area (Å²) in [5.41, 5.74) is 7.15. The molecule has 0 bridgehead atoms. The van der Waals surface area contributed by atoms with Gasteiger partial charge in [-0.05, 0) is 59.3 Å². The van der Waals surface area contributed by atoms with Crippen LogP contribution in [-0.4, -0.2) is 78.2 Å². The Morgan fingerprint density at radius 2 is 2.00 bits per heavy atom. The first-order chi connectivity index (χ1) is 16.6. The quantitative estimate of drug-likeness (QED) is 0.541. The van der Waals surface area contributed by atoms with Crippen LogP contribution in [0.2, 0.25) is 0 Å². The van der Waals surface area contributed by atoms with Crippen molar-refractivity contribution in [2.24, 2.45) is 5.92 Å². The number of nitrogens with two attached hydrogens (primary N) is 1. The molecule has 2 aromatic rings. The predicted molar refractivity (Wildman–Crippen MR) is 127 cm³/mol. The minimum absolute atomic E-state index is 0.183. The maximum atomic E-state index is 10.8. The highest BCUT2D eigenvalue weighted by molar-refractivity contribution is 5.81. The van der Waals surface area contributed by atoms with Gasteiger partial charge in [-0.3, -0.25) is 14.3 Å². The van der Waals surface area contributed by atoms with Gasteiger partial charge < -0.3 is 25.1 Å². The minimum Gasteiger partial charge on any atom is -0.481 e. The first-order valence-electron chi connectivity index (χ1n) is 12.5. The number of imidazole rings is 1. The summed E-state index contributed by atoms with van der Waals surface area (Å²) in [5, 5.41) is 8.90. The highest BCUT2D eigenvalue weighted by Gasteiger charge is 2.56. The molecule has 11 heteroatoms. The van der Waals surface area contributed by atoms with Crippen molar-refractivity contribution in [2.45, 2.75) is 102 Å². The van der Waals surface area contributed by atoms with Gasteiger partial charge in [0, 0.05) is 25.0 Å². The number of carboxylic acid groups (broad SMARTS) is 1. The highest BCUT2D eigenvalue weighted by atomic mass is 16.8. The van der Waals surface area contributed by atoms with Crippen LogP contribution in [0.25, 0.3) is 11.2 Å². The van der Waals surface area contributed by atoms with E-state index >= 15 is 0 Å². The van der Waals surface area contributed by atoms with E-state index in [2.05, 4.69) is 33.7 Å². The van der Waals surface area contributed by atoms with Gasteiger partial charge in [-0.1, -0.05) is 0 Å². The van der Waals surface area contributed by atoms with Gasteiger partial charge in [-0.25, -0.2) is 15.0 Å². The van der Waals surface area contributed by atoms with E-state index in [0.29, 0.717) is 35.0 Å². The fourth-order valence-electron chi connectivity index (χ4n) is 5.82. The van der Waals surface area contributed by atoms with Crippen molar-refractivity contribution in [1.82, 2.24) is 24.4 Å². The van der Waals surface area contributed by atoms with Crippen molar-refractivity contribution in [3.8, 4) is 0 Å². The van der Waals surface area contributed by atoms with Crippen LogP contribution in [-0.2, 0) is 19.0 Å². The van der Waals surface area contributed by atoms with Gasteiger partial charge in [-0.2, -0.15) is 0 Å². The van der Waals surface area contributed by atoms with Gasteiger partial charge in [0.05, 0.1) is 6.33 Å². The first-order valence-corrected chi connectivity index (χ1v) is 12.5. The Hall–Kier alpha value is -2.34. The average Bonchev–Trinajstić information content (AvgIpc) is 3.40. The molecule has 3 fully saturated rings. The molecule has 0 spiro atoms. The van der Waals surface area contributed by atoms with E-state index in [9.17, 15) is 4.79 Å². The predicted octanol–water partition coefficient (Wildman–Crippen LogP) is 2.57. The van der Waals surface area contributed by atoms with E-state index in [-0.39, 0.29) is 24.7 Å². The number of nitrogen functional groups attached to an aromatic ring is 1. The molecular weight excluding hydrogens is 452 g/mol. The van der Waals surface area contributed by atoms with Crippen molar-refractivity contribution < 1.29 is 24.1 Å². The summed E-state index contributed by atoms with van der Waals surface area (Å²) >= 11 is 0. The Kier molecular flexibility index (Phi) is 6.45. The Morgan fingerprint density at radius 3 is 2.71 bits per heavy atom. The van der Waals surface area contributed by atoms with Crippen LogP contribution < -0.4 is 5.73 Å². The summed E-state index contributed by atoms with van der Waals surface area (Å²) < 4.78 is 21.1. The Labute approximate surface area is 205 Å². The van der Waals surface area contributed by atoms with Crippen molar-refractivity contribution in [2.75, 3.05) is 12.3 Å². The molecule has 1 aliphatic carbocycles. The molecule has 3 aliphatic rings. The molecule has 35 heavy (non-hydrogen) atoms. The van der Waals surface area contributed by atoms with E-state index in [1.54, 1.807) is 6.33 Å². The molecular formula is C24H36N6O5. The van der Waals surface area contributed by atoms with E-state index in [0.717, 1.165) is 32.2 Å². The number of rotatable bonds is 9. The van der Waals surface area contributed by atoms with E-state index in [1.165, 1.54) is 6.33 Å². The molecule has 4 heterocycles. The maximum Gasteiger partial charge on any atom is 0.303 e. The van der Waals surface area contributed by atoms with Crippen molar-refractivity contribution in [3.05, 3.63) is 12.7 Å². The van der Waals surface area contributed by atoms with E-state index in [1.807, 2.05) is 18.4 Å². The highest BCUT2D eigenvalue weighted by Crippen LogP contribution is 2.45. The number of hydrogen-bond donors (Lipinski definition) is 2. The largest absolute Gasteiger partial charge is 0.481 e. The van der Waals surface area contributed by atoms with Gasteiger partial charge in [0.2, 0.25) is 0 Å². The number of aromatic nitrogens is 4. The molecule has 2 saturated heterocycles. The van der Waals surface area contributed by atoms with Gasteiger partial charge in [0.25, 0.3) is 0 Å². The van der Waals surface area contributed by atoms with Crippen molar-refractivity contribution in [1.29, 1.82) is 0 Å². The zero-order valence-corrected chi connectivity index (χ0v) is 20.8. The number of fused-ring (bicyclic) bond motifs is 2. The molecule has 0 unspecified atom stereocenters. The van der Waals surface area contributed by atoms with Gasteiger partial charge >= 0.3 is 5.97 Å². The first kappa shape index (κ1) is 24.4. The van der Waals surface area contributed by atoms with Crippen molar-refractivity contribution in [3.63, 3.8) is 0 Å². The van der Waals surface area contributed by atoms with Crippen LogP contribution in [0.1, 0.15) is 66.0 Å². The summed E-state index contributed by atoms with van der Waals surface area (Å²) in [5.74, 6) is -0.502. The fourth-order valence-corrected chi connectivity index (χ4v) is 5.82. The molecule has 0 aromatic carbocycles. The summed E-state index contributed by atoms with van der Waals surface area (Å²) in [7, 11) is 0. The second-order valence-corrected chi connectivity index (χ2v) is 10.8. The second-order valence-electron chi connectivity index (χ2n) is 10.8. The van der Waals surface area contributed by atoms with Crippen molar-refractivity contribution >= 4 is 23.0 Å². The molecule has 1 saturated carbocycles. The summed E-state index contributed by atoms with van der Waals surface area (Å²) in [6.45, 7) is 9.01. The number of carbonyl (C=O) groups is 1. The Bertz CT molecular complexity index is 1070. The molecule has 11 nitrogen and oxygen atoms in total. The lowest BCUT2D eigenvalue weighted by atomic mass is 9.76. The lowest BCUT2D eigenvalue weighted by Crippen LogP contribution is -2.52. The lowest BCUT2D eigenvalue weighted by Gasteiger charge is -2.46. The van der Waals surface area contributed by atoms with Crippen LogP contribution in [0.15, 0.2) is 12.7 Å². The number of carboxylic acids is 1. The number of aliphatic carboxylic acids is 1. The summed E-state index contributed by atoms with van der Waals surface area (Å²) in [6, 6.07) is 0.806. The molecule has 5 rings (SSSR count). The van der Waals surface area contributed by atoms with E-state index < -0.39 is 18.0 Å². The lowest BCUT2D eigenvalue weighted by molar-refractivity contribution is -0.199. The molecule has 3 N–H and O–H groups in total. The molecule has 2 aliphatic heterocycles. The number of anilines is 1. The number of nitrogens with zero attached hydrogens (tertiary/aromatic N) is 5. The molecule has 0 amide bonds. The van der Waals surface area contributed by atoms with Gasteiger partial charge in [0.1, 0.15) is 30.2 Å². The monoisotopic (exact) mass is 488 g/mol. The Morgan fingerprint density at radius 1 is 1.26 bits per heavy atom. The average molecular weight is 489 g/mol. The zero-order valence-electron chi connectivity index (χ0n) is 20.8. The van der Waals surface area contributed by atoms with Gasteiger partial charge in [-0.15, -0.1) is 0 Å². The SMILES string of the molecule is CC(C)N(C[C@H]1O[C@@H](n2cnc3c(N)ncnc32)[C@@H]2OC(C)(C)O[C@@H]21)[C@H]1C[C@@H](CCCC(=O)O)C1. The van der Waals surface area contributed by atoms with Gasteiger partial charge in [0.15, 0.2) is 23.5 Å². The molecule has 192 valence electrons. The van der Waals surface area contributed by atoms with Crippen LogP contribution in [0, 0.1) is 5.92 Å². The smallest absolute Gasteiger partial charge is 0.303 e. The Balaban J connectivity index is 1.31. The third kappa shape index (κ3) is 4.74. The zero-order chi connectivity index (χ0) is 24.9. The molecule has 0 radical (unpaired) electrons. The maximum absolute atomic E-state index is 10.8. The fraction of sp³-hybridized carbons (Fsp3) is 0.750. The van der Waals surface area contributed by atoms with Crippen LogP contribution >= 0.6 is 0 Å². The second kappa shape index (κ2) is 9.27. The summed E-state index contributed by atoms with van der Waals surface area (Å²) in [6.07, 6.45) is 6.12. The van der Waals surface area contributed by atoms with Crippen LogP contribution in [0.4, 0.5) is 5.82 Å². The molecule has 4 atom stereocenters. The van der Waals surface area contributed by atoms with Crippen LogP contribution in [0.5, 0.6) is 0 Å². The number of ether oxygens (including phenoxy) is 3. The van der Waals surface area contributed by atoms with Crippen LogP contribution in [0.3, 0.4) is 0 Å².